The minimum absolute atomic E-state index is 0.0195. The molecule has 174 valence electrons. The van der Waals surface area contributed by atoms with E-state index in [2.05, 4.69) is 52.8 Å². The second-order valence-corrected chi connectivity index (χ2v) is 9.17. The molecular weight excluding hydrogens is 436 g/mol. The second-order valence-electron chi connectivity index (χ2n) is 8.22. The molecule has 0 N–H and O–H groups in total. The lowest BCUT2D eigenvalue weighted by Crippen LogP contribution is -2.23. The Kier molecular flexibility index (Phi) is 7.67. The summed E-state index contributed by atoms with van der Waals surface area (Å²) in [6, 6.07) is 15.8. The highest BCUT2D eigenvalue weighted by Crippen LogP contribution is 2.31. The number of aromatic nitrogens is 3. The molecule has 0 fully saturated rings. The summed E-state index contributed by atoms with van der Waals surface area (Å²) < 4.78 is 13.5. The van der Waals surface area contributed by atoms with Crippen molar-refractivity contribution in [1.29, 1.82) is 0 Å². The van der Waals surface area contributed by atoms with Crippen molar-refractivity contribution in [2.75, 3.05) is 33.1 Å². The molecule has 2 heterocycles. The van der Waals surface area contributed by atoms with Crippen molar-refractivity contribution in [2.24, 2.45) is 0 Å². The smallest absolute Gasteiger partial charge is 0.192 e. The minimum atomic E-state index is 0.0195. The van der Waals surface area contributed by atoms with E-state index >= 15 is 0 Å². The van der Waals surface area contributed by atoms with Crippen molar-refractivity contribution in [3.8, 4) is 11.5 Å². The topological polar surface area (TPSA) is 69.5 Å². The Morgan fingerprint density at radius 1 is 1.09 bits per heavy atom. The summed E-state index contributed by atoms with van der Waals surface area (Å²) in [5.74, 6) is 2.53. The summed E-state index contributed by atoms with van der Waals surface area (Å²) in [6.45, 7) is 4.03. The molecule has 4 rings (SSSR count). The van der Waals surface area contributed by atoms with E-state index in [1.54, 1.807) is 12.1 Å². The fraction of sp³-hybridized carbons (Fsp3) is 0.400. The number of carbonyl (C=O) groups is 1. The number of hydrogen-bond acceptors (Lipinski definition) is 7. The van der Waals surface area contributed by atoms with E-state index < -0.39 is 0 Å². The van der Waals surface area contributed by atoms with Crippen LogP contribution in [0.2, 0.25) is 0 Å². The van der Waals surface area contributed by atoms with Gasteiger partial charge in [0.25, 0.3) is 0 Å². The van der Waals surface area contributed by atoms with Gasteiger partial charge in [-0.05, 0) is 44.3 Å². The molecule has 0 aliphatic carbocycles. The zero-order chi connectivity index (χ0) is 23.2. The molecule has 0 bridgehead atoms. The third-order valence-corrected chi connectivity index (χ3v) is 6.61. The number of ketones is 1. The van der Waals surface area contributed by atoms with Gasteiger partial charge in [-0.15, -0.1) is 10.2 Å². The summed E-state index contributed by atoms with van der Waals surface area (Å²) in [6.07, 6.45) is 1.75. The number of thioether (sulfide) groups is 1. The molecule has 33 heavy (non-hydrogen) atoms. The van der Waals surface area contributed by atoms with Gasteiger partial charge < -0.3 is 14.0 Å². The molecule has 1 aliphatic rings. The second kappa shape index (κ2) is 10.9. The normalized spacial score (nSPS) is 14.2. The van der Waals surface area contributed by atoms with E-state index in [0.717, 1.165) is 23.8 Å². The van der Waals surface area contributed by atoms with Gasteiger partial charge >= 0.3 is 0 Å². The van der Waals surface area contributed by atoms with Crippen LogP contribution in [-0.4, -0.2) is 58.5 Å². The van der Waals surface area contributed by atoms with Gasteiger partial charge in [-0.3, -0.25) is 9.69 Å². The predicted octanol–water partition coefficient (Wildman–Crippen LogP) is 4.48. The average molecular weight is 467 g/mol. The molecule has 0 amide bonds. The number of benzene rings is 2. The van der Waals surface area contributed by atoms with E-state index in [0.29, 0.717) is 36.8 Å². The van der Waals surface area contributed by atoms with E-state index in [9.17, 15) is 4.79 Å². The highest BCUT2D eigenvalue weighted by molar-refractivity contribution is 7.99. The van der Waals surface area contributed by atoms with Crippen LogP contribution in [0.4, 0.5) is 0 Å². The van der Waals surface area contributed by atoms with Gasteiger partial charge in [-0.25, -0.2) is 0 Å². The summed E-state index contributed by atoms with van der Waals surface area (Å²) in [5.41, 5.74) is 1.78. The molecule has 2 aromatic carbocycles. The van der Waals surface area contributed by atoms with Crippen molar-refractivity contribution >= 4 is 17.5 Å². The molecule has 0 saturated heterocycles. The van der Waals surface area contributed by atoms with E-state index in [1.807, 2.05) is 24.3 Å². The molecular formula is C25H30N4O3S. The Bertz CT molecular complexity index is 1080. The molecule has 3 aromatic rings. The van der Waals surface area contributed by atoms with Gasteiger partial charge in [-0.1, -0.05) is 49.0 Å². The maximum Gasteiger partial charge on any atom is 0.192 e. The number of nitrogens with zero attached hydrogens (tertiary/aromatic N) is 4. The lowest BCUT2D eigenvalue weighted by molar-refractivity contribution is 0.102. The van der Waals surface area contributed by atoms with Crippen LogP contribution in [0.15, 0.2) is 53.7 Å². The summed E-state index contributed by atoms with van der Waals surface area (Å²) in [5, 5.41) is 9.74. The molecule has 0 saturated carbocycles. The Labute approximate surface area is 199 Å². The molecule has 0 spiro atoms. The monoisotopic (exact) mass is 466 g/mol. The van der Waals surface area contributed by atoms with E-state index in [4.69, 9.17) is 9.47 Å². The van der Waals surface area contributed by atoms with Gasteiger partial charge in [0.15, 0.2) is 28.3 Å². The highest BCUT2D eigenvalue weighted by atomic mass is 32.2. The van der Waals surface area contributed by atoms with E-state index in [1.165, 1.54) is 17.3 Å². The first-order valence-electron chi connectivity index (χ1n) is 11.3. The van der Waals surface area contributed by atoms with Crippen LogP contribution in [0, 0.1) is 0 Å². The van der Waals surface area contributed by atoms with Crippen LogP contribution in [0.3, 0.4) is 0 Å². The van der Waals surface area contributed by atoms with E-state index in [-0.39, 0.29) is 17.6 Å². The molecule has 0 radical (unpaired) electrons. The van der Waals surface area contributed by atoms with Crippen molar-refractivity contribution in [1.82, 2.24) is 19.7 Å². The number of hydrogen-bond donors (Lipinski definition) is 0. The maximum atomic E-state index is 13.0. The van der Waals surface area contributed by atoms with Crippen LogP contribution in [0.25, 0.3) is 0 Å². The standard InChI is InChI=1S/C25H30N4O3S/c1-4-20(28(2)3)24-26-27-25(29(24)16-18-9-6-5-7-10-18)33-17-21(30)19-11-12-22-23(15-19)32-14-8-13-31-22/h5-7,9-12,15,20H,4,8,13-14,16-17H2,1-3H3/t20-/m1/s1. The summed E-state index contributed by atoms with van der Waals surface area (Å²) in [4.78, 5) is 15.1. The third-order valence-electron chi connectivity index (χ3n) is 5.64. The Morgan fingerprint density at radius 3 is 2.58 bits per heavy atom. The lowest BCUT2D eigenvalue weighted by atomic mass is 10.1. The first-order valence-corrected chi connectivity index (χ1v) is 12.2. The summed E-state index contributed by atoms with van der Waals surface area (Å²) in [7, 11) is 4.10. The largest absolute Gasteiger partial charge is 0.490 e. The Hall–Kier alpha value is -2.84. The van der Waals surface area contributed by atoms with Crippen LogP contribution in [0.1, 0.15) is 47.6 Å². The quantitative estimate of drug-likeness (QED) is 0.340. The number of rotatable bonds is 9. The van der Waals surface area contributed by atoms with Crippen molar-refractivity contribution in [2.45, 2.75) is 37.5 Å². The first kappa shape index (κ1) is 23.3. The minimum Gasteiger partial charge on any atom is -0.490 e. The van der Waals surface area contributed by atoms with Gasteiger partial charge in [0.1, 0.15) is 0 Å². The molecule has 1 atom stereocenters. The van der Waals surface area contributed by atoms with Gasteiger partial charge in [-0.2, -0.15) is 0 Å². The van der Waals surface area contributed by atoms with Crippen LogP contribution >= 0.6 is 11.8 Å². The van der Waals surface area contributed by atoms with Crippen molar-refractivity contribution in [3.63, 3.8) is 0 Å². The number of carbonyl (C=O) groups excluding carboxylic acids is 1. The van der Waals surface area contributed by atoms with Crippen LogP contribution in [-0.2, 0) is 6.54 Å². The van der Waals surface area contributed by atoms with Crippen molar-refractivity contribution < 1.29 is 14.3 Å². The van der Waals surface area contributed by atoms with Crippen molar-refractivity contribution in [3.05, 3.63) is 65.5 Å². The van der Waals surface area contributed by atoms with Crippen LogP contribution < -0.4 is 9.47 Å². The Morgan fingerprint density at radius 2 is 1.85 bits per heavy atom. The summed E-state index contributed by atoms with van der Waals surface area (Å²) >= 11 is 1.42. The first-order chi connectivity index (χ1) is 16.1. The van der Waals surface area contributed by atoms with Gasteiger partial charge in [0.2, 0.25) is 0 Å². The molecule has 7 nitrogen and oxygen atoms in total. The molecule has 1 aromatic heterocycles. The fourth-order valence-corrected chi connectivity index (χ4v) is 4.74. The zero-order valence-electron chi connectivity index (χ0n) is 19.4. The number of fused-ring (bicyclic) bond motifs is 1. The van der Waals surface area contributed by atoms with Crippen LogP contribution in [0.5, 0.6) is 11.5 Å². The zero-order valence-corrected chi connectivity index (χ0v) is 20.2. The fourth-order valence-electron chi connectivity index (χ4n) is 3.90. The van der Waals surface area contributed by atoms with Gasteiger partial charge in [0.05, 0.1) is 31.6 Å². The van der Waals surface area contributed by atoms with Gasteiger partial charge in [0, 0.05) is 12.0 Å². The molecule has 0 unspecified atom stereocenters. The Balaban J connectivity index is 1.54. The third kappa shape index (κ3) is 5.57. The number of Topliss-reactive ketones (excluding diaryl/α,β-unsaturated/α-hetero) is 1. The molecule has 1 aliphatic heterocycles. The number of ether oxygens (including phenoxy) is 2. The molecule has 8 heteroatoms. The maximum absolute atomic E-state index is 13.0. The highest BCUT2D eigenvalue weighted by Gasteiger charge is 2.23. The lowest BCUT2D eigenvalue weighted by Gasteiger charge is -2.23. The SMILES string of the molecule is CC[C@H](c1nnc(SCC(=O)c2ccc3c(c2)OCCCO3)n1Cc1ccccc1)N(C)C. The average Bonchev–Trinajstić information content (AvgIpc) is 3.04. The predicted molar refractivity (Wildman–Crippen MR) is 129 cm³/mol.